The SMILES string of the molecule is CCCCCCCC/C=C\CCCCCCCCOC[C@H](COP(=O)(OC[C@H](CCc1ccc2c(N)ncnn12)OC#N)Oc1ccccc1Cl)OCc1cc(F)cc(C#N)c1. The molecule has 2 aromatic heterocycles. The minimum Gasteiger partial charge on any atom is -0.422 e. The lowest BCUT2D eigenvalue weighted by Gasteiger charge is -2.24. The van der Waals surface area contributed by atoms with Crippen LogP contribution < -0.4 is 10.3 Å². The molecule has 0 amide bonds. The van der Waals surface area contributed by atoms with Crippen molar-refractivity contribution < 1.29 is 36.7 Å². The Morgan fingerprint density at radius 3 is 2.29 bits per heavy atom. The van der Waals surface area contributed by atoms with Crippen LogP contribution in [0, 0.1) is 28.7 Å². The molecule has 0 aliphatic carbocycles. The fourth-order valence-corrected chi connectivity index (χ4v) is 8.16. The summed E-state index contributed by atoms with van der Waals surface area (Å²) in [4.78, 5) is 4.01. The van der Waals surface area contributed by atoms with Crippen molar-refractivity contribution >= 4 is 30.8 Å². The summed E-state index contributed by atoms with van der Waals surface area (Å²) < 4.78 is 65.2. The summed E-state index contributed by atoms with van der Waals surface area (Å²) >= 11 is 6.37. The maximum Gasteiger partial charge on any atom is 0.530 e. The molecule has 13 nitrogen and oxygen atoms in total. The van der Waals surface area contributed by atoms with Gasteiger partial charge in [-0.25, -0.2) is 18.5 Å². The normalized spacial score (nSPS) is 13.4. The summed E-state index contributed by atoms with van der Waals surface area (Å²) in [6, 6.07) is 15.9. The van der Waals surface area contributed by atoms with E-state index in [0.717, 1.165) is 43.9 Å². The highest BCUT2D eigenvalue weighted by Gasteiger charge is 2.33. The number of phosphoric ester groups is 1. The van der Waals surface area contributed by atoms with Gasteiger partial charge in [-0.05, 0) is 93.0 Å². The predicted octanol–water partition coefficient (Wildman–Crippen LogP) is 11.6. The van der Waals surface area contributed by atoms with Gasteiger partial charge in [0.05, 0.1) is 43.1 Å². The van der Waals surface area contributed by atoms with Gasteiger partial charge in [0.15, 0.2) is 5.82 Å². The minimum atomic E-state index is -4.48. The Morgan fingerprint density at radius 1 is 0.887 bits per heavy atom. The average Bonchev–Trinajstić information content (AvgIpc) is 3.69. The van der Waals surface area contributed by atoms with Gasteiger partial charge in [-0.1, -0.05) is 101 Å². The third-order valence-corrected chi connectivity index (χ3v) is 11.7. The fraction of sp³-hybridized carbons (Fsp3) is 0.522. The van der Waals surface area contributed by atoms with Crippen LogP contribution >= 0.6 is 19.4 Å². The highest BCUT2D eigenvalue weighted by atomic mass is 35.5. The molecule has 0 saturated carbocycles. The molecule has 0 aliphatic rings. The molecule has 2 aromatic carbocycles. The highest BCUT2D eigenvalue weighted by Crippen LogP contribution is 2.51. The van der Waals surface area contributed by atoms with E-state index >= 15 is 0 Å². The zero-order chi connectivity index (χ0) is 44.3. The number of nitrogen functional groups attached to an aromatic ring is 1. The molecule has 2 N–H and O–H groups in total. The summed E-state index contributed by atoms with van der Waals surface area (Å²) in [5, 5.41) is 23.2. The molecule has 4 rings (SSSR count). The van der Waals surface area contributed by atoms with Crippen LogP contribution in [0.4, 0.5) is 10.2 Å². The topological polar surface area (TPSA) is 176 Å². The summed E-state index contributed by atoms with van der Waals surface area (Å²) in [6.45, 7) is 2.00. The molecule has 62 heavy (non-hydrogen) atoms. The monoisotopic (exact) mass is 894 g/mol. The Hall–Kier alpha value is -4.53. The lowest BCUT2D eigenvalue weighted by molar-refractivity contribution is -0.0513. The number of fused-ring (bicyclic) bond motifs is 1. The van der Waals surface area contributed by atoms with Crippen molar-refractivity contribution in [2.24, 2.45) is 0 Å². The molecule has 2 heterocycles. The van der Waals surface area contributed by atoms with Crippen LogP contribution in [0.3, 0.4) is 0 Å². The number of phosphoric acid groups is 1. The van der Waals surface area contributed by atoms with Gasteiger partial charge in [0.1, 0.15) is 35.6 Å². The molecule has 336 valence electrons. The maximum atomic E-state index is 14.4. The van der Waals surface area contributed by atoms with E-state index in [-0.39, 0.29) is 49.2 Å². The Balaban J connectivity index is 1.30. The summed E-state index contributed by atoms with van der Waals surface area (Å²) in [5.74, 6) is -0.206. The Kier molecular flexibility index (Phi) is 23.4. The maximum absolute atomic E-state index is 14.4. The molecule has 0 aliphatic heterocycles. The first kappa shape index (κ1) is 50.1. The summed E-state index contributed by atoms with van der Waals surface area (Å²) in [6.07, 6.45) is 23.5. The van der Waals surface area contributed by atoms with E-state index in [1.54, 1.807) is 35.0 Å². The van der Waals surface area contributed by atoms with Gasteiger partial charge in [0, 0.05) is 12.3 Å². The van der Waals surface area contributed by atoms with Crippen molar-refractivity contribution in [2.75, 3.05) is 32.2 Å². The number of nitrogens with two attached hydrogens (primary N) is 1. The summed E-state index contributed by atoms with van der Waals surface area (Å²) in [7, 11) is -4.48. The first-order valence-corrected chi connectivity index (χ1v) is 23.6. The first-order chi connectivity index (χ1) is 30.2. The van der Waals surface area contributed by atoms with Crippen LogP contribution in [0.1, 0.15) is 120 Å². The van der Waals surface area contributed by atoms with Crippen LogP contribution in [0.5, 0.6) is 5.75 Å². The van der Waals surface area contributed by atoms with Crippen molar-refractivity contribution in [1.29, 1.82) is 10.5 Å². The zero-order valence-corrected chi connectivity index (χ0v) is 37.5. The third kappa shape index (κ3) is 18.8. The van der Waals surface area contributed by atoms with E-state index in [4.69, 9.17) is 45.1 Å². The predicted molar refractivity (Wildman–Crippen MR) is 238 cm³/mol. The van der Waals surface area contributed by atoms with Crippen LogP contribution in [0.25, 0.3) is 5.52 Å². The molecule has 0 radical (unpaired) electrons. The van der Waals surface area contributed by atoms with E-state index < -0.39 is 25.8 Å². The van der Waals surface area contributed by atoms with Gasteiger partial charge in [-0.15, -0.1) is 0 Å². The number of unbranched alkanes of at least 4 members (excludes halogenated alkanes) is 12. The smallest absolute Gasteiger partial charge is 0.422 e. The number of benzene rings is 2. The molecule has 0 saturated heterocycles. The van der Waals surface area contributed by atoms with Gasteiger partial charge in [-0.2, -0.15) is 15.6 Å². The number of anilines is 1. The molecular formula is C46H61ClFN6O7P. The second-order valence-electron chi connectivity index (χ2n) is 15.1. The fourth-order valence-electron chi connectivity index (χ4n) is 6.66. The second kappa shape index (κ2) is 29.0. The number of nitriles is 2. The molecule has 0 spiro atoms. The van der Waals surface area contributed by atoms with Crippen LogP contribution in [-0.2, 0) is 40.9 Å². The molecule has 0 fully saturated rings. The van der Waals surface area contributed by atoms with Gasteiger partial charge in [0.25, 0.3) is 6.26 Å². The number of rotatable bonds is 33. The van der Waals surface area contributed by atoms with E-state index in [1.165, 1.54) is 82.3 Å². The average molecular weight is 895 g/mol. The number of aromatic nitrogens is 3. The molecule has 16 heteroatoms. The van der Waals surface area contributed by atoms with Crippen molar-refractivity contribution in [3.05, 3.63) is 101 Å². The number of hydrogen-bond acceptors (Lipinski definition) is 12. The second-order valence-corrected chi connectivity index (χ2v) is 17.1. The van der Waals surface area contributed by atoms with E-state index in [2.05, 4.69) is 29.2 Å². The number of aryl methyl sites for hydroxylation is 1. The number of halogens is 2. The largest absolute Gasteiger partial charge is 0.530 e. The minimum absolute atomic E-state index is 0.0460. The lowest BCUT2D eigenvalue weighted by atomic mass is 10.1. The Labute approximate surface area is 370 Å². The third-order valence-electron chi connectivity index (χ3n) is 10.1. The number of nitrogens with zero attached hydrogens (tertiary/aromatic N) is 5. The Bertz CT molecular complexity index is 2080. The number of para-hydroxylation sites is 1. The van der Waals surface area contributed by atoms with E-state index in [1.807, 2.05) is 12.1 Å². The van der Waals surface area contributed by atoms with Gasteiger partial charge in [-0.3, -0.25) is 9.05 Å². The number of allylic oxidation sites excluding steroid dienone is 2. The van der Waals surface area contributed by atoms with Crippen LogP contribution in [-0.4, -0.2) is 53.2 Å². The van der Waals surface area contributed by atoms with Crippen molar-refractivity contribution in [2.45, 2.75) is 128 Å². The van der Waals surface area contributed by atoms with Gasteiger partial charge >= 0.3 is 7.82 Å². The number of hydrogen-bond donors (Lipinski definition) is 1. The zero-order valence-electron chi connectivity index (χ0n) is 35.8. The van der Waals surface area contributed by atoms with E-state index in [0.29, 0.717) is 29.9 Å². The summed E-state index contributed by atoms with van der Waals surface area (Å²) in [5.41, 5.74) is 7.96. The van der Waals surface area contributed by atoms with Gasteiger partial charge < -0.3 is 24.5 Å². The van der Waals surface area contributed by atoms with Crippen LogP contribution in [0.2, 0.25) is 5.02 Å². The van der Waals surface area contributed by atoms with Crippen LogP contribution in [0.15, 0.2) is 73.1 Å². The standard InChI is InChI=1S/C46H61ClFN6O7P/c1-2-3-4-5-6-7-8-9-10-11-12-13-14-15-16-19-26-56-32-42(57-31-38-27-37(30-49)28-39(48)29-38)34-60-62(55,61-45-21-18-17-20-43(45)47)59-33-41(58-35-50)24-22-40-23-25-44-46(51)52-36-53-54(40)44/h9-10,17-18,20-21,23,25,27-29,36,41-42H,2-8,11-16,19,22,24,26,31-34H2,1H3,(H2,51,52,53)/b10-9-/t41-,42+,62?/m0/s1. The van der Waals surface area contributed by atoms with Gasteiger partial charge in [0.2, 0.25) is 0 Å². The molecule has 0 bridgehead atoms. The first-order valence-electron chi connectivity index (χ1n) is 21.7. The number of ether oxygens (including phenoxy) is 3. The van der Waals surface area contributed by atoms with E-state index in [9.17, 15) is 19.5 Å². The van der Waals surface area contributed by atoms with Crippen molar-refractivity contribution in [3.8, 4) is 18.1 Å². The molecule has 3 atom stereocenters. The molecular weight excluding hydrogens is 834 g/mol. The van der Waals surface area contributed by atoms with Crippen molar-refractivity contribution in [1.82, 2.24) is 14.6 Å². The van der Waals surface area contributed by atoms with Crippen molar-refractivity contribution in [3.63, 3.8) is 0 Å². The Morgan fingerprint density at radius 2 is 1.58 bits per heavy atom. The quantitative estimate of drug-likeness (QED) is 0.0207. The molecule has 4 aromatic rings. The molecule has 1 unspecified atom stereocenters. The lowest BCUT2D eigenvalue weighted by Crippen LogP contribution is -2.27. The highest BCUT2D eigenvalue weighted by molar-refractivity contribution is 7.48.